The van der Waals surface area contributed by atoms with Crippen LogP contribution in [0.2, 0.25) is 0 Å². The summed E-state index contributed by atoms with van der Waals surface area (Å²) >= 11 is 0. The lowest BCUT2D eigenvalue weighted by Crippen LogP contribution is -2.30. The number of rotatable bonds is 15. The minimum absolute atomic E-state index is 0. The number of benzene rings is 2. The van der Waals surface area contributed by atoms with E-state index in [0.29, 0.717) is 41.9 Å². The molecule has 0 aliphatic carbocycles. The smallest absolute Gasteiger partial charge is 0.313 e. The molecule has 1 aliphatic heterocycles. The monoisotopic (exact) mass is 692 g/mol. The van der Waals surface area contributed by atoms with Crippen molar-refractivity contribution >= 4 is 35.4 Å². The first-order valence-electron chi connectivity index (χ1n) is 15.2. The molecule has 2 aromatic rings. The van der Waals surface area contributed by atoms with Gasteiger partial charge in [-0.1, -0.05) is 7.43 Å². The highest BCUT2D eigenvalue weighted by molar-refractivity contribution is 6.02. The van der Waals surface area contributed by atoms with E-state index in [0.717, 1.165) is 0 Å². The molecule has 49 heavy (non-hydrogen) atoms. The number of cyclic esters (lactones) is 2. The number of esters is 3. The van der Waals surface area contributed by atoms with Gasteiger partial charge < -0.3 is 39.4 Å². The molecular weight excluding hydrogens is 644 g/mol. The van der Waals surface area contributed by atoms with Gasteiger partial charge in [0.05, 0.1) is 6.61 Å². The maximum Gasteiger partial charge on any atom is 0.313 e. The Balaban J connectivity index is 0.000000787. The third-order valence-electron chi connectivity index (χ3n) is 6.08. The number of carbonyl (C=O) groups is 6. The Labute approximate surface area is 285 Å². The number of ether oxygens (including phenoxy) is 4. The van der Waals surface area contributed by atoms with Crippen LogP contribution in [0.4, 0.5) is 0 Å². The van der Waals surface area contributed by atoms with Crippen molar-refractivity contribution in [3.05, 3.63) is 59.7 Å². The van der Waals surface area contributed by atoms with E-state index in [-0.39, 0.29) is 76.6 Å². The molecule has 272 valence electrons. The Morgan fingerprint density at radius 2 is 1.14 bits per heavy atom. The van der Waals surface area contributed by atoms with Crippen LogP contribution in [0.1, 0.15) is 94.4 Å². The summed E-state index contributed by atoms with van der Waals surface area (Å²) in [6.07, 6.45) is 1.67. The topological polar surface area (TPSA) is 220 Å². The van der Waals surface area contributed by atoms with Crippen molar-refractivity contribution in [3.63, 3.8) is 0 Å². The van der Waals surface area contributed by atoms with Crippen LogP contribution < -0.4 is 9.47 Å². The maximum absolute atomic E-state index is 11.9. The summed E-state index contributed by atoms with van der Waals surface area (Å²) in [4.78, 5) is 65.6. The van der Waals surface area contributed by atoms with Gasteiger partial charge in [-0.25, -0.2) is 0 Å². The van der Waals surface area contributed by atoms with Crippen LogP contribution in [0.3, 0.4) is 0 Å². The van der Waals surface area contributed by atoms with Crippen LogP contribution in [0.25, 0.3) is 0 Å². The number of carbonyl (C=O) groups excluding carboxylic acids is 5. The van der Waals surface area contributed by atoms with Crippen LogP contribution >= 0.6 is 0 Å². The molecule has 0 amide bonds. The molecule has 1 fully saturated rings. The van der Waals surface area contributed by atoms with Crippen molar-refractivity contribution in [3.8, 4) is 11.5 Å². The molecule has 1 saturated heterocycles. The van der Waals surface area contributed by atoms with Gasteiger partial charge in [-0.3, -0.25) is 28.8 Å². The molecule has 0 aromatic heterocycles. The highest BCUT2D eigenvalue weighted by Gasteiger charge is 2.26. The van der Waals surface area contributed by atoms with E-state index >= 15 is 0 Å². The molecule has 2 aromatic carbocycles. The van der Waals surface area contributed by atoms with E-state index in [1.165, 1.54) is 27.7 Å². The number of hydrogen-bond acceptors (Lipinski definition) is 13. The van der Waals surface area contributed by atoms with Gasteiger partial charge in [0.25, 0.3) is 0 Å². The lowest BCUT2D eigenvalue weighted by atomic mass is 9.97. The lowest BCUT2D eigenvalue weighted by molar-refractivity contribution is -0.163. The van der Waals surface area contributed by atoms with Crippen molar-refractivity contribution in [2.24, 2.45) is 0 Å². The van der Waals surface area contributed by atoms with Crippen LogP contribution in [-0.2, 0) is 28.7 Å². The summed E-state index contributed by atoms with van der Waals surface area (Å²) < 4.78 is 19.6. The van der Waals surface area contributed by atoms with Gasteiger partial charge in [0.2, 0.25) is 0 Å². The van der Waals surface area contributed by atoms with Crippen LogP contribution in [0.5, 0.6) is 11.5 Å². The number of ketones is 2. The molecule has 0 saturated carbocycles. The fourth-order valence-corrected chi connectivity index (χ4v) is 3.65. The number of carboxylic acid groups (broad SMARTS) is 1. The van der Waals surface area contributed by atoms with Crippen LogP contribution in [-0.4, -0.2) is 93.5 Å². The molecule has 3 rings (SSSR count). The summed E-state index contributed by atoms with van der Waals surface area (Å²) in [6.45, 7) is 6.11. The second-order valence-electron chi connectivity index (χ2n) is 11.4. The first kappa shape index (κ1) is 44.3. The molecule has 14 nitrogen and oxygen atoms in total. The van der Waals surface area contributed by atoms with Crippen molar-refractivity contribution in [2.75, 3.05) is 26.4 Å². The van der Waals surface area contributed by atoms with E-state index in [2.05, 4.69) is 4.74 Å². The number of aliphatic hydroxyl groups excluding tert-OH is 1. The second-order valence-corrected chi connectivity index (χ2v) is 11.4. The number of Topliss-reactive ketones (excluding diaryl/α,β-unsaturated/α-hetero) is 2. The van der Waals surface area contributed by atoms with Gasteiger partial charge >= 0.3 is 23.9 Å². The average molecular weight is 693 g/mol. The van der Waals surface area contributed by atoms with E-state index < -0.39 is 23.1 Å². The Morgan fingerprint density at radius 1 is 0.714 bits per heavy atom. The molecule has 1 heterocycles. The first-order valence-corrected chi connectivity index (χ1v) is 15.2. The zero-order chi connectivity index (χ0) is 36.3. The predicted octanol–water partition coefficient (Wildman–Crippen LogP) is 3.70. The SMILES string of the molecule is C.CC(C)(O)C(=O)c1ccc(OCCO)cc1.CC(C)(O)C(=O)c1ccc(OCCOC(=O)CCCC(=O)O)cc1.O=C1CCCC(=O)O1. The molecule has 0 radical (unpaired) electrons. The Kier molecular flexibility index (Phi) is 20.0. The first-order chi connectivity index (χ1) is 22.4. The van der Waals surface area contributed by atoms with Crippen molar-refractivity contribution in [2.45, 2.75) is 84.8 Å². The fourth-order valence-electron chi connectivity index (χ4n) is 3.65. The van der Waals surface area contributed by atoms with Gasteiger partial charge in [-0.15, -0.1) is 0 Å². The van der Waals surface area contributed by atoms with E-state index in [1.54, 1.807) is 48.5 Å². The van der Waals surface area contributed by atoms with Gasteiger partial charge in [-0.05, 0) is 89.1 Å². The van der Waals surface area contributed by atoms with Crippen molar-refractivity contribution < 1.29 is 68.1 Å². The predicted molar refractivity (Wildman–Crippen MR) is 176 cm³/mol. The molecule has 0 atom stereocenters. The molecular formula is C35H48O14. The minimum atomic E-state index is -1.43. The second kappa shape index (κ2) is 22.1. The standard InChI is InChI=1S/C17H22O7.C12H16O4.C5H6O3.CH4/c1-17(2,22)16(21)12-6-8-13(9-7-12)23-10-11-24-15(20)5-3-4-14(18)19;1-12(2,15)11(14)9-3-5-10(6-4-9)16-8-7-13;6-4-2-1-3-5(7)8-4;/h6-9,22H,3-5,10-11H2,1-2H3,(H,18,19);3-6,13,15H,7-8H2,1-2H3;1-3H2;1H4. The third kappa shape index (κ3) is 19.1. The van der Waals surface area contributed by atoms with Gasteiger partial charge in [0, 0.05) is 36.8 Å². The molecule has 14 heteroatoms. The number of aliphatic carboxylic acids is 1. The summed E-state index contributed by atoms with van der Waals surface area (Å²) in [7, 11) is 0. The third-order valence-corrected chi connectivity index (χ3v) is 6.08. The maximum atomic E-state index is 11.9. The molecule has 0 spiro atoms. The van der Waals surface area contributed by atoms with E-state index in [4.69, 9.17) is 24.4 Å². The Bertz CT molecular complexity index is 1340. The zero-order valence-electron chi connectivity index (χ0n) is 27.6. The molecule has 0 bridgehead atoms. The summed E-state index contributed by atoms with van der Waals surface area (Å²) in [5, 5.41) is 36.2. The Morgan fingerprint density at radius 3 is 1.49 bits per heavy atom. The summed E-state index contributed by atoms with van der Waals surface area (Å²) in [6, 6.07) is 12.7. The lowest BCUT2D eigenvalue weighted by Gasteiger charge is -2.15. The minimum Gasteiger partial charge on any atom is -0.491 e. The molecule has 4 N–H and O–H groups in total. The van der Waals surface area contributed by atoms with Gasteiger partial charge in [-0.2, -0.15) is 0 Å². The number of aliphatic hydroxyl groups is 3. The highest BCUT2D eigenvalue weighted by atomic mass is 16.6. The highest BCUT2D eigenvalue weighted by Crippen LogP contribution is 2.18. The fraction of sp³-hybridized carbons (Fsp3) is 0.486. The zero-order valence-corrected chi connectivity index (χ0v) is 27.6. The van der Waals surface area contributed by atoms with Crippen molar-refractivity contribution in [1.82, 2.24) is 0 Å². The quantitative estimate of drug-likeness (QED) is 0.0905. The average Bonchev–Trinajstić information content (AvgIpc) is 3.01. The van der Waals surface area contributed by atoms with Crippen molar-refractivity contribution in [1.29, 1.82) is 0 Å². The normalized spacial score (nSPS) is 12.4. The van der Waals surface area contributed by atoms with E-state index in [9.17, 15) is 39.0 Å². The number of carboxylic acids is 1. The van der Waals surface area contributed by atoms with Gasteiger partial charge in [0.15, 0.2) is 11.6 Å². The van der Waals surface area contributed by atoms with Crippen LogP contribution in [0.15, 0.2) is 48.5 Å². The molecule has 1 aliphatic rings. The van der Waals surface area contributed by atoms with Crippen LogP contribution in [0, 0.1) is 0 Å². The summed E-state index contributed by atoms with van der Waals surface area (Å²) in [5.41, 5.74) is -1.99. The summed E-state index contributed by atoms with van der Waals surface area (Å²) in [5.74, 6) is -1.82. The Hall–Kier alpha value is -4.66. The van der Waals surface area contributed by atoms with E-state index in [1.807, 2.05) is 0 Å². The number of hydrogen-bond donors (Lipinski definition) is 4. The van der Waals surface area contributed by atoms with Gasteiger partial charge in [0.1, 0.15) is 42.5 Å². The largest absolute Gasteiger partial charge is 0.491 e. The molecule has 0 unspecified atom stereocenters.